The summed E-state index contributed by atoms with van der Waals surface area (Å²) >= 11 is 0. The number of benzene rings is 3. The Hall–Kier alpha value is -3.52. The second kappa shape index (κ2) is 9.15. The Morgan fingerprint density at radius 2 is 1.52 bits per heavy atom. The van der Waals surface area contributed by atoms with Gasteiger partial charge in [0, 0.05) is 17.5 Å². The number of sulfonamides is 1. The molecule has 0 fully saturated rings. The monoisotopic (exact) mass is 466 g/mol. The first kappa shape index (κ1) is 22.7. The van der Waals surface area contributed by atoms with Gasteiger partial charge in [-0.3, -0.25) is 0 Å². The Morgan fingerprint density at radius 1 is 0.848 bits per heavy atom. The lowest BCUT2D eigenvalue weighted by Gasteiger charge is -2.25. The highest BCUT2D eigenvalue weighted by atomic mass is 32.2. The molecule has 4 rings (SSSR count). The Bertz CT molecular complexity index is 1300. The van der Waals surface area contributed by atoms with Crippen LogP contribution in [0.3, 0.4) is 0 Å². The quantitative estimate of drug-likeness (QED) is 0.510. The lowest BCUT2D eigenvalue weighted by Crippen LogP contribution is -2.28. The summed E-state index contributed by atoms with van der Waals surface area (Å²) in [5.74, 6) is 1.74. The van der Waals surface area contributed by atoms with Crippen molar-refractivity contribution in [2.24, 2.45) is 5.10 Å². The van der Waals surface area contributed by atoms with Crippen molar-refractivity contribution in [2.45, 2.75) is 24.3 Å². The third-order valence-electron chi connectivity index (χ3n) is 5.71. The van der Waals surface area contributed by atoms with Gasteiger partial charge in [-0.2, -0.15) is 17.9 Å². The molecule has 0 aromatic heterocycles. The molecule has 0 bridgehead atoms. The zero-order valence-electron chi connectivity index (χ0n) is 19.0. The maximum Gasteiger partial charge on any atom is 0.279 e. The molecule has 0 N–H and O–H groups in total. The molecule has 0 aliphatic carbocycles. The van der Waals surface area contributed by atoms with E-state index in [-0.39, 0.29) is 4.90 Å². The maximum atomic E-state index is 13.8. The molecule has 172 valence electrons. The average molecular weight is 467 g/mol. The minimum atomic E-state index is -3.93. The summed E-state index contributed by atoms with van der Waals surface area (Å²) in [4.78, 5) is 0.224. The van der Waals surface area contributed by atoms with E-state index >= 15 is 0 Å². The van der Waals surface area contributed by atoms with Crippen molar-refractivity contribution in [3.05, 3.63) is 83.4 Å². The largest absolute Gasteiger partial charge is 0.496 e. The minimum Gasteiger partial charge on any atom is -0.496 e. The van der Waals surface area contributed by atoms with Gasteiger partial charge in [0.2, 0.25) is 0 Å². The zero-order chi connectivity index (χ0) is 23.6. The highest BCUT2D eigenvalue weighted by Gasteiger charge is 2.39. The minimum absolute atomic E-state index is 0.224. The van der Waals surface area contributed by atoms with Gasteiger partial charge in [0.15, 0.2) is 11.5 Å². The number of aryl methyl sites for hydroxylation is 1. The van der Waals surface area contributed by atoms with Crippen LogP contribution in [0, 0.1) is 6.92 Å². The first-order chi connectivity index (χ1) is 15.9. The molecule has 0 amide bonds. The molecule has 1 aliphatic rings. The summed E-state index contributed by atoms with van der Waals surface area (Å²) in [7, 11) is 0.775. The van der Waals surface area contributed by atoms with Gasteiger partial charge in [-0.05, 0) is 42.8 Å². The van der Waals surface area contributed by atoms with Crippen molar-refractivity contribution in [1.82, 2.24) is 4.41 Å². The van der Waals surface area contributed by atoms with Crippen LogP contribution >= 0.6 is 0 Å². The van der Waals surface area contributed by atoms with Gasteiger partial charge in [-0.25, -0.2) is 0 Å². The van der Waals surface area contributed by atoms with Crippen LogP contribution in [0.1, 0.15) is 29.2 Å². The Morgan fingerprint density at radius 3 is 2.21 bits per heavy atom. The van der Waals surface area contributed by atoms with E-state index in [4.69, 9.17) is 14.2 Å². The molecular formula is C25H26N2O5S. The van der Waals surface area contributed by atoms with E-state index < -0.39 is 16.1 Å². The third kappa shape index (κ3) is 4.14. The molecule has 0 saturated carbocycles. The van der Waals surface area contributed by atoms with Crippen LogP contribution in [0.4, 0.5) is 0 Å². The zero-order valence-corrected chi connectivity index (χ0v) is 19.8. The molecule has 0 radical (unpaired) electrons. The van der Waals surface area contributed by atoms with Gasteiger partial charge in [0.1, 0.15) is 5.75 Å². The summed E-state index contributed by atoms with van der Waals surface area (Å²) in [5, 5.41) is 4.62. The summed E-state index contributed by atoms with van der Waals surface area (Å²) < 4.78 is 45.1. The Labute approximate surface area is 194 Å². The van der Waals surface area contributed by atoms with E-state index in [2.05, 4.69) is 5.10 Å². The van der Waals surface area contributed by atoms with E-state index in [1.807, 2.05) is 36.4 Å². The van der Waals surface area contributed by atoms with Crippen molar-refractivity contribution in [2.75, 3.05) is 21.3 Å². The highest BCUT2D eigenvalue weighted by Crippen LogP contribution is 2.41. The van der Waals surface area contributed by atoms with Gasteiger partial charge < -0.3 is 14.2 Å². The van der Waals surface area contributed by atoms with Gasteiger partial charge in [0.25, 0.3) is 10.0 Å². The number of nitrogens with zero attached hydrogens (tertiary/aromatic N) is 2. The second-order valence-corrected chi connectivity index (χ2v) is 9.39. The smallest absolute Gasteiger partial charge is 0.279 e. The van der Waals surface area contributed by atoms with Crippen LogP contribution in [0.2, 0.25) is 0 Å². The number of hydrogen-bond acceptors (Lipinski definition) is 6. The Balaban J connectivity index is 1.86. The van der Waals surface area contributed by atoms with Crippen molar-refractivity contribution in [3.63, 3.8) is 0 Å². The van der Waals surface area contributed by atoms with E-state index in [0.29, 0.717) is 34.9 Å². The molecule has 7 nitrogen and oxygen atoms in total. The molecule has 8 heteroatoms. The van der Waals surface area contributed by atoms with Crippen LogP contribution in [-0.4, -0.2) is 39.9 Å². The van der Waals surface area contributed by atoms with Gasteiger partial charge in [0.05, 0.1) is 38.0 Å². The first-order valence-electron chi connectivity index (χ1n) is 10.4. The summed E-state index contributed by atoms with van der Waals surface area (Å²) in [6, 6.07) is 19.2. The topological polar surface area (TPSA) is 77.4 Å². The van der Waals surface area contributed by atoms with Crippen molar-refractivity contribution < 1.29 is 22.6 Å². The molecule has 1 atom stereocenters. The molecule has 0 unspecified atom stereocenters. The van der Waals surface area contributed by atoms with Crippen LogP contribution in [0.5, 0.6) is 17.2 Å². The highest BCUT2D eigenvalue weighted by molar-refractivity contribution is 7.89. The van der Waals surface area contributed by atoms with Gasteiger partial charge in [-0.1, -0.05) is 36.4 Å². The number of ether oxygens (including phenoxy) is 3. The summed E-state index contributed by atoms with van der Waals surface area (Å²) in [5.41, 5.74) is 2.79. The molecule has 0 spiro atoms. The number of rotatable bonds is 7. The van der Waals surface area contributed by atoms with E-state index in [9.17, 15) is 8.42 Å². The fourth-order valence-electron chi connectivity index (χ4n) is 4.02. The van der Waals surface area contributed by atoms with E-state index in [1.165, 1.54) is 4.41 Å². The van der Waals surface area contributed by atoms with Gasteiger partial charge >= 0.3 is 0 Å². The fraction of sp³-hybridized carbons (Fsp3) is 0.240. The number of para-hydroxylation sites is 1. The number of methoxy groups -OCH3 is 3. The molecular weight excluding hydrogens is 440 g/mol. The van der Waals surface area contributed by atoms with Crippen molar-refractivity contribution in [3.8, 4) is 17.2 Å². The lowest BCUT2D eigenvalue weighted by molar-refractivity contribution is 0.350. The molecule has 33 heavy (non-hydrogen) atoms. The van der Waals surface area contributed by atoms with Crippen LogP contribution in [0.15, 0.2) is 76.7 Å². The average Bonchev–Trinajstić information content (AvgIpc) is 3.30. The summed E-state index contributed by atoms with van der Waals surface area (Å²) in [6.45, 7) is 1.78. The fourth-order valence-corrected chi connectivity index (χ4v) is 5.68. The second-order valence-electron chi connectivity index (χ2n) is 7.62. The normalized spacial score (nSPS) is 15.8. The number of hydrogen-bond donors (Lipinski definition) is 0. The van der Waals surface area contributed by atoms with E-state index in [1.54, 1.807) is 58.6 Å². The molecule has 1 aliphatic heterocycles. The standard InChI is InChI=1S/C25H26N2O5S/c1-17-9-5-8-12-25(17)33(28,29)27-21(19-10-6-7-11-22(19)30-2)16-20(26-27)18-13-14-23(31-3)24(15-18)32-4/h5-15,21H,16H2,1-4H3/t21-/m0/s1. The van der Waals surface area contributed by atoms with Crippen molar-refractivity contribution in [1.29, 1.82) is 0 Å². The van der Waals surface area contributed by atoms with Gasteiger partial charge in [-0.15, -0.1) is 0 Å². The van der Waals surface area contributed by atoms with E-state index in [0.717, 1.165) is 11.1 Å². The van der Waals surface area contributed by atoms with Crippen LogP contribution in [0.25, 0.3) is 0 Å². The number of hydrazone groups is 1. The van der Waals surface area contributed by atoms with Crippen LogP contribution < -0.4 is 14.2 Å². The predicted molar refractivity (Wildman–Crippen MR) is 127 cm³/mol. The SMILES string of the molecule is COc1ccc(C2=NN(S(=O)(=O)c3ccccc3C)[C@H](c3ccccc3OC)C2)cc1OC. The Kier molecular flexibility index (Phi) is 6.29. The molecule has 0 saturated heterocycles. The molecule has 1 heterocycles. The molecule has 3 aromatic rings. The lowest BCUT2D eigenvalue weighted by atomic mass is 9.98. The maximum absolute atomic E-state index is 13.8. The van der Waals surface area contributed by atoms with Crippen molar-refractivity contribution >= 4 is 15.7 Å². The summed E-state index contributed by atoms with van der Waals surface area (Å²) in [6.07, 6.45) is 0.376. The first-order valence-corrected chi connectivity index (χ1v) is 11.9. The third-order valence-corrected chi connectivity index (χ3v) is 7.55. The van der Waals surface area contributed by atoms with Crippen LogP contribution in [-0.2, 0) is 10.0 Å². The molecule has 3 aromatic carbocycles. The predicted octanol–water partition coefficient (Wildman–Crippen LogP) is 4.56.